The summed E-state index contributed by atoms with van der Waals surface area (Å²) in [5, 5.41) is 2.86. The molecular formula is C24H33N3O6S. The second kappa shape index (κ2) is 11.1. The van der Waals surface area contributed by atoms with Crippen LogP contribution in [0.2, 0.25) is 0 Å². The summed E-state index contributed by atoms with van der Waals surface area (Å²) in [6, 6.07) is 8.74. The van der Waals surface area contributed by atoms with Crippen molar-refractivity contribution < 1.29 is 27.4 Å². The van der Waals surface area contributed by atoms with E-state index in [-0.39, 0.29) is 12.3 Å². The molecule has 1 heterocycles. The molecule has 3 rings (SSSR count). The van der Waals surface area contributed by atoms with E-state index in [0.29, 0.717) is 60.6 Å². The van der Waals surface area contributed by atoms with E-state index in [0.717, 1.165) is 11.1 Å². The fraction of sp³-hybridized carbons (Fsp3) is 0.458. The van der Waals surface area contributed by atoms with Crippen LogP contribution in [0.1, 0.15) is 17.5 Å². The van der Waals surface area contributed by atoms with Crippen LogP contribution in [0, 0.1) is 13.8 Å². The smallest absolute Gasteiger partial charge is 0.243 e. The molecule has 10 heteroatoms. The zero-order chi connectivity index (χ0) is 24.9. The number of rotatable bonds is 9. The fourth-order valence-electron chi connectivity index (χ4n) is 4.06. The number of benzene rings is 2. The minimum atomic E-state index is -3.53. The molecule has 9 nitrogen and oxygen atoms in total. The molecule has 1 aliphatic rings. The fourth-order valence-corrected chi connectivity index (χ4v) is 5.69. The van der Waals surface area contributed by atoms with Crippen LogP contribution < -0.4 is 19.5 Å². The molecule has 1 saturated heterocycles. The molecule has 0 aliphatic carbocycles. The van der Waals surface area contributed by atoms with E-state index in [9.17, 15) is 13.2 Å². The van der Waals surface area contributed by atoms with E-state index in [1.54, 1.807) is 18.2 Å². The molecule has 0 radical (unpaired) electrons. The van der Waals surface area contributed by atoms with Crippen molar-refractivity contribution in [3.8, 4) is 17.2 Å². The van der Waals surface area contributed by atoms with Crippen LogP contribution in [0.15, 0.2) is 35.2 Å². The molecule has 1 amide bonds. The van der Waals surface area contributed by atoms with Gasteiger partial charge in [-0.15, -0.1) is 0 Å². The van der Waals surface area contributed by atoms with E-state index in [1.807, 2.05) is 26.0 Å². The number of hydrogen-bond acceptors (Lipinski definition) is 7. The third-order valence-electron chi connectivity index (χ3n) is 5.88. The SMILES string of the molecule is COc1cc(NC(=O)CCN2CCN(S(=O)(=O)c3ccc(C)cc3C)CC2)cc(OC)c1OC. The number of methoxy groups -OCH3 is 3. The Hall–Kier alpha value is -2.82. The number of piperazine rings is 1. The van der Waals surface area contributed by atoms with Crippen LogP contribution >= 0.6 is 0 Å². The highest BCUT2D eigenvalue weighted by atomic mass is 32.2. The molecule has 0 unspecified atom stereocenters. The van der Waals surface area contributed by atoms with Crippen molar-refractivity contribution in [3.05, 3.63) is 41.5 Å². The van der Waals surface area contributed by atoms with Gasteiger partial charge in [-0.1, -0.05) is 17.7 Å². The maximum Gasteiger partial charge on any atom is 0.243 e. The average molecular weight is 492 g/mol. The van der Waals surface area contributed by atoms with Gasteiger partial charge in [0.25, 0.3) is 0 Å². The van der Waals surface area contributed by atoms with Crippen molar-refractivity contribution >= 4 is 21.6 Å². The predicted octanol–water partition coefficient (Wildman–Crippen LogP) is 2.66. The summed E-state index contributed by atoms with van der Waals surface area (Å²) in [6.45, 7) is 6.23. The Kier molecular flexibility index (Phi) is 8.40. The van der Waals surface area contributed by atoms with Crippen molar-refractivity contribution in [3.63, 3.8) is 0 Å². The maximum absolute atomic E-state index is 13.1. The first-order valence-corrected chi connectivity index (χ1v) is 12.5. The second-order valence-corrected chi connectivity index (χ2v) is 10.1. The van der Waals surface area contributed by atoms with Crippen LogP contribution in [0.4, 0.5) is 5.69 Å². The average Bonchev–Trinajstić information content (AvgIpc) is 2.82. The zero-order valence-corrected chi connectivity index (χ0v) is 21.2. The number of ether oxygens (including phenoxy) is 3. The predicted molar refractivity (Wildman–Crippen MR) is 130 cm³/mol. The standard InChI is InChI=1S/C24H33N3O6S/c1-17-6-7-22(18(2)14-17)34(29,30)27-12-10-26(11-13-27)9-8-23(28)25-19-15-20(31-3)24(33-5)21(16-19)32-4/h6-7,14-16H,8-13H2,1-5H3,(H,25,28). The maximum atomic E-state index is 13.1. The lowest BCUT2D eigenvalue weighted by Gasteiger charge is -2.34. The topological polar surface area (TPSA) is 97.4 Å². The third kappa shape index (κ3) is 5.81. The molecular weight excluding hydrogens is 458 g/mol. The number of sulfonamides is 1. The minimum Gasteiger partial charge on any atom is -0.493 e. The number of anilines is 1. The van der Waals surface area contributed by atoms with Crippen LogP contribution in [-0.4, -0.2) is 77.6 Å². The molecule has 1 fully saturated rings. The number of nitrogens with zero attached hydrogens (tertiary/aromatic N) is 2. The second-order valence-electron chi connectivity index (χ2n) is 8.23. The van der Waals surface area contributed by atoms with Gasteiger partial charge in [-0.25, -0.2) is 8.42 Å². The summed E-state index contributed by atoms with van der Waals surface area (Å²) in [4.78, 5) is 15.0. The molecule has 2 aromatic carbocycles. The van der Waals surface area contributed by atoms with Gasteiger partial charge in [-0.05, 0) is 25.5 Å². The zero-order valence-electron chi connectivity index (χ0n) is 20.4. The van der Waals surface area contributed by atoms with Gasteiger partial charge in [0.1, 0.15) is 0 Å². The van der Waals surface area contributed by atoms with Gasteiger partial charge in [0.05, 0.1) is 26.2 Å². The van der Waals surface area contributed by atoms with Crippen LogP contribution in [-0.2, 0) is 14.8 Å². The van der Waals surface area contributed by atoms with E-state index >= 15 is 0 Å². The lowest BCUT2D eigenvalue weighted by Crippen LogP contribution is -2.49. The minimum absolute atomic E-state index is 0.153. The molecule has 0 bridgehead atoms. The Bertz CT molecular complexity index is 1100. The monoisotopic (exact) mass is 491 g/mol. The highest BCUT2D eigenvalue weighted by Gasteiger charge is 2.29. The van der Waals surface area contributed by atoms with Gasteiger partial charge in [0.2, 0.25) is 21.7 Å². The molecule has 0 atom stereocenters. The molecule has 1 N–H and O–H groups in total. The number of carbonyl (C=O) groups excluding carboxylic acids is 1. The lowest BCUT2D eigenvalue weighted by atomic mass is 10.2. The Morgan fingerprint density at radius 1 is 0.941 bits per heavy atom. The first kappa shape index (κ1) is 25.8. The van der Waals surface area contributed by atoms with Gasteiger partial charge in [0.15, 0.2) is 11.5 Å². The lowest BCUT2D eigenvalue weighted by molar-refractivity contribution is -0.116. The van der Waals surface area contributed by atoms with Crippen LogP contribution in [0.5, 0.6) is 17.2 Å². The van der Waals surface area contributed by atoms with E-state index in [1.165, 1.54) is 25.6 Å². The Labute approximate surface area is 201 Å². The largest absolute Gasteiger partial charge is 0.493 e. The van der Waals surface area contributed by atoms with Gasteiger partial charge in [0, 0.05) is 57.0 Å². The van der Waals surface area contributed by atoms with Crippen LogP contribution in [0.25, 0.3) is 0 Å². The number of aryl methyl sites for hydroxylation is 2. The Morgan fingerprint density at radius 3 is 2.09 bits per heavy atom. The van der Waals surface area contributed by atoms with Crippen molar-refractivity contribution in [2.75, 3.05) is 59.4 Å². The van der Waals surface area contributed by atoms with Crippen molar-refractivity contribution in [2.45, 2.75) is 25.2 Å². The number of amides is 1. The van der Waals surface area contributed by atoms with Crippen molar-refractivity contribution in [1.29, 1.82) is 0 Å². The number of hydrogen-bond donors (Lipinski definition) is 1. The normalized spacial score (nSPS) is 15.1. The Balaban J connectivity index is 1.54. The van der Waals surface area contributed by atoms with Gasteiger partial charge >= 0.3 is 0 Å². The molecule has 1 aliphatic heterocycles. The first-order valence-electron chi connectivity index (χ1n) is 11.1. The van der Waals surface area contributed by atoms with Crippen LogP contribution in [0.3, 0.4) is 0 Å². The summed E-state index contributed by atoms with van der Waals surface area (Å²) in [5.74, 6) is 1.22. The summed E-state index contributed by atoms with van der Waals surface area (Å²) < 4.78 is 43.6. The Morgan fingerprint density at radius 2 is 1.56 bits per heavy atom. The highest BCUT2D eigenvalue weighted by molar-refractivity contribution is 7.89. The third-order valence-corrected chi connectivity index (χ3v) is 7.94. The summed E-state index contributed by atoms with van der Waals surface area (Å²) in [7, 11) is 1.02. The molecule has 0 saturated carbocycles. The number of carbonyl (C=O) groups is 1. The molecule has 0 spiro atoms. The molecule has 2 aromatic rings. The summed E-state index contributed by atoms with van der Waals surface area (Å²) in [6.07, 6.45) is 0.278. The van der Waals surface area contributed by atoms with E-state index < -0.39 is 10.0 Å². The van der Waals surface area contributed by atoms with Crippen molar-refractivity contribution in [2.24, 2.45) is 0 Å². The van der Waals surface area contributed by atoms with E-state index in [2.05, 4.69) is 10.2 Å². The van der Waals surface area contributed by atoms with Gasteiger partial charge in [-0.2, -0.15) is 4.31 Å². The summed E-state index contributed by atoms with van der Waals surface area (Å²) in [5.41, 5.74) is 2.33. The molecule has 186 valence electrons. The highest BCUT2D eigenvalue weighted by Crippen LogP contribution is 2.39. The first-order chi connectivity index (χ1) is 16.2. The quantitative estimate of drug-likeness (QED) is 0.576. The molecule has 34 heavy (non-hydrogen) atoms. The molecule has 0 aromatic heterocycles. The van der Waals surface area contributed by atoms with Gasteiger partial charge in [-0.3, -0.25) is 4.79 Å². The number of nitrogens with one attached hydrogen (secondary N) is 1. The van der Waals surface area contributed by atoms with Gasteiger partial charge < -0.3 is 24.4 Å². The van der Waals surface area contributed by atoms with E-state index in [4.69, 9.17) is 14.2 Å². The van der Waals surface area contributed by atoms with Crippen molar-refractivity contribution in [1.82, 2.24) is 9.21 Å². The summed E-state index contributed by atoms with van der Waals surface area (Å²) >= 11 is 0.